The van der Waals surface area contributed by atoms with Crippen LogP contribution in [0, 0.1) is 0 Å². The molecule has 1 amide bonds. The molecule has 1 N–H and O–H groups in total. The number of anilines is 2. The molecule has 0 spiro atoms. The Labute approximate surface area is 202 Å². The van der Waals surface area contributed by atoms with Crippen LogP contribution in [0.1, 0.15) is 11.5 Å². The third-order valence-electron chi connectivity index (χ3n) is 5.43. The quantitative estimate of drug-likeness (QED) is 0.429. The van der Waals surface area contributed by atoms with Crippen molar-refractivity contribution in [2.24, 2.45) is 0 Å². The summed E-state index contributed by atoms with van der Waals surface area (Å²) in [6.45, 7) is 2.84. The van der Waals surface area contributed by atoms with Gasteiger partial charge in [0.15, 0.2) is 0 Å². The molecule has 0 saturated carbocycles. The van der Waals surface area contributed by atoms with Crippen LogP contribution in [0.5, 0.6) is 0 Å². The summed E-state index contributed by atoms with van der Waals surface area (Å²) in [6, 6.07) is 9.93. The van der Waals surface area contributed by atoms with Crippen molar-refractivity contribution in [1.82, 2.24) is 20.1 Å². The number of carbonyl (C=O) groups is 1. The summed E-state index contributed by atoms with van der Waals surface area (Å²) >= 11 is 0. The first-order valence-electron chi connectivity index (χ1n) is 10.9. The maximum Gasteiger partial charge on any atom is 0.471 e. The van der Waals surface area contributed by atoms with E-state index in [9.17, 15) is 18.0 Å². The van der Waals surface area contributed by atoms with Gasteiger partial charge in [0, 0.05) is 42.0 Å². The molecule has 186 valence electrons. The number of pyridine rings is 2. The van der Waals surface area contributed by atoms with Gasteiger partial charge in [-0.05, 0) is 30.3 Å². The summed E-state index contributed by atoms with van der Waals surface area (Å²) in [5.74, 6) is -0.900. The van der Waals surface area contributed by atoms with Crippen molar-refractivity contribution in [1.29, 1.82) is 0 Å². The molecule has 4 heterocycles. The maximum absolute atomic E-state index is 12.9. The molecule has 4 aromatic rings. The number of nitrogens with zero attached hydrogens (tertiary/aromatic N) is 5. The fourth-order valence-electron chi connectivity index (χ4n) is 3.69. The molecule has 1 saturated heterocycles. The summed E-state index contributed by atoms with van der Waals surface area (Å²) < 4.78 is 53.5. The number of carbonyl (C=O) groups excluding carboxylic acids is 1. The number of halogens is 3. The lowest BCUT2D eigenvalue weighted by Crippen LogP contribution is -2.36. The van der Waals surface area contributed by atoms with E-state index in [-0.39, 0.29) is 23.5 Å². The number of alkyl halides is 3. The number of aromatic nitrogens is 4. The normalized spacial score (nSPS) is 14.1. The Hall–Kier alpha value is -4.26. The van der Waals surface area contributed by atoms with E-state index >= 15 is 0 Å². The van der Waals surface area contributed by atoms with Gasteiger partial charge in [0.05, 0.1) is 24.4 Å². The molecule has 0 atom stereocenters. The van der Waals surface area contributed by atoms with Crippen molar-refractivity contribution >= 4 is 28.5 Å². The lowest BCUT2D eigenvalue weighted by Gasteiger charge is -2.27. The molecule has 1 aromatic carbocycles. The van der Waals surface area contributed by atoms with Crippen molar-refractivity contribution in [2.75, 3.05) is 36.5 Å². The van der Waals surface area contributed by atoms with Crippen LogP contribution in [0.2, 0.25) is 0 Å². The van der Waals surface area contributed by atoms with E-state index < -0.39 is 18.2 Å². The molecule has 0 radical (unpaired) electrons. The largest absolute Gasteiger partial charge is 0.471 e. The minimum atomic E-state index is -4.77. The average molecular weight is 500 g/mol. The predicted octanol–water partition coefficient (Wildman–Crippen LogP) is 4.28. The number of morpholine rings is 1. The minimum absolute atomic E-state index is 0.000427. The van der Waals surface area contributed by atoms with E-state index in [0.29, 0.717) is 29.9 Å². The number of hydrogen-bond acceptors (Lipinski definition) is 9. The average Bonchev–Trinajstić information content (AvgIpc) is 3.39. The summed E-state index contributed by atoms with van der Waals surface area (Å²) in [7, 11) is 0. The SMILES string of the molecule is O=C(Nc1ccc(-c2noc(C(F)(F)F)n2)c2ncccc12)OCc1ccc(N2CCOCC2)nc1. The van der Waals surface area contributed by atoms with Gasteiger partial charge in [-0.15, -0.1) is 0 Å². The first-order valence-corrected chi connectivity index (χ1v) is 10.9. The molecule has 13 heteroatoms. The van der Waals surface area contributed by atoms with Crippen molar-refractivity contribution in [3.05, 3.63) is 60.2 Å². The van der Waals surface area contributed by atoms with Crippen LogP contribution < -0.4 is 10.2 Å². The van der Waals surface area contributed by atoms with Crippen LogP contribution in [0.4, 0.5) is 29.5 Å². The molecule has 10 nitrogen and oxygen atoms in total. The minimum Gasteiger partial charge on any atom is -0.444 e. The number of benzene rings is 1. The Morgan fingerprint density at radius 1 is 1.11 bits per heavy atom. The van der Waals surface area contributed by atoms with Gasteiger partial charge in [-0.2, -0.15) is 18.2 Å². The Balaban J connectivity index is 1.27. The summed E-state index contributed by atoms with van der Waals surface area (Å²) in [5.41, 5.74) is 1.57. The zero-order valence-corrected chi connectivity index (χ0v) is 18.7. The maximum atomic E-state index is 12.9. The van der Waals surface area contributed by atoms with Gasteiger partial charge in [-0.25, -0.2) is 9.78 Å². The van der Waals surface area contributed by atoms with Crippen LogP contribution in [-0.4, -0.2) is 52.5 Å². The molecular formula is C23H19F3N6O4. The van der Waals surface area contributed by atoms with E-state index in [4.69, 9.17) is 9.47 Å². The fraction of sp³-hybridized carbons (Fsp3) is 0.261. The molecule has 0 bridgehead atoms. The molecule has 1 aliphatic rings. The molecule has 0 unspecified atom stereocenters. The van der Waals surface area contributed by atoms with E-state index in [0.717, 1.165) is 18.9 Å². The number of rotatable bonds is 5. The second-order valence-corrected chi connectivity index (χ2v) is 7.81. The molecule has 36 heavy (non-hydrogen) atoms. The summed E-state index contributed by atoms with van der Waals surface area (Å²) in [5, 5.41) is 6.52. The van der Waals surface area contributed by atoms with E-state index in [1.165, 1.54) is 18.3 Å². The Morgan fingerprint density at radius 3 is 2.67 bits per heavy atom. The number of hydrogen-bond donors (Lipinski definition) is 1. The Morgan fingerprint density at radius 2 is 1.94 bits per heavy atom. The van der Waals surface area contributed by atoms with Gasteiger partial charge in [0.25, 0.3) is 0 Å². The van der Waals surface area contributed by atoms with E-state index in [2.05, 4.69) is 34.8 Å². The van der Waals surface area contributed by atoms with E-state index in [1.807, 2.05) is 12.1 Å². The highest BCUT2D eigenvalue weighted by Gasteiger charge is 2.38. The van der Waals surface area contributed by atoms with Gasteiger partial charge in [0.1, 0.15) is 12.4 Å². The molecule has 3 aromatic heterocycles. The second kappa shape index (κ2) is 9.77. The third kappa shape index (κ3) is 5.05. The van der Waals surface area contributed by atoms with Crippen LogP contribution >= 0.6 is 0 Å². The molecular weight excluding hydrogens is 481 g/mol. The highest BCUT2D eigenvalue weighted by molar-refractivity contribution is 6.03. The highest BCUT2D eigenvalue weighted by Crippen LogP contribution is 2.33. The van der Waals surface area contributed by atoms with E-state index in [1.54, 1.807) is 18.3 Å². The van der Waals surface area contributed by atoms with Gasteiger partial charge < -0.3 is 18.9 Å². The molecule has 1 aliphatic heterocycles. The first-order chi connectivity index (χ1) is 17.4. The molecule has 0 aliphatic carbocycles. The third-order valence-corrected chi connectivity index (χ3v) is 5.43. The number of fused-ring (bicyclic) bond motifs is 1. The zero-order valence-electron chi connectivity index (χ0n) is 18.7. The lowest BCUT2D eigenvalue weighted by atomic mass is 10.1. The Kier molecular flexibility index (Phi) is 6.38. The highest BCUT2D eigenvalue weighted by atomic mass is 19.4. The van der Waals surface area contributed by atoms with Crippen LogP contribution in [0.15, 0.2) is 53.3 Å². The van der Waals surface area contributed by atoms with Crippen LogP contribution in [0.3, 0.4) is 0 Å². The van der Waals surface area contributed by atoms with Gasteiger partial charge in [0.2, 0.25) is 5.82 Å². The second-order valence-electron chi connectivity index (χ2n) is 7.81. The lowest BCUT2D eigenvalue weighted by molar-refractivity contribution is -0.159. The van der Waals surface area contributed by atoms with Crippen LogP contribution in [0.25, 0.3) is 22.3 Å². The number of ether oxygens (including phenoxy) is 2. The zero-order chi connectivity index (χ0) is 25.1. The monoisotopic (exact) mass is 500 g/mol. The van der Waals surface area contributed by atoms with Crippen molar-refractivity contribution in [3.63, 3.8) is 0 Å². The topological polar surface area (TPSA) is 116 Å². The van der Waals surface area contributed by atoms with Gasteiger partial charge in [-0.1, -0.05) is 11.2 Å². The van der Waals surface area contributed by atoms with Crippen LogP contribution in [-0.2, 0) is 22.3 Å². The van der Waals surface area contributed by atoms with Crippen molar-refractivity contribution in [2.45, 2.75) is 12.8 Å². The smallest absolute Gasteiger partial charge is 0.444 e. The Bertz CT molecular complexity index is 1370. The fourth-order valence-corrected chi connectivity index (χ4v) is 3.69. The van der Waals surface area contributed by atoms with Crippen molar-refractivity contribution in [3.8, 4) is 11.4 Å². The number of nitrogens with one attached hydrogen (secondary N) is 1. The molecule has 1 fully saturated rings. The molecule has 5 rings (SSSR count). The summed E-state index contributed by atoms with van der Waals surface area (Å²) in [4.78, 5) is 26.6. The first kappa shape index (κ1) is 23.5. The summed E-state index contributed by atoms with van der Waals surface area (Å²) in [6.07, 6.45) is -2.37. The predicted molar refractivity (Wildman–Crippen MR) is 121 cm³/mol. The standard InChI is InChI=1S/C23H19F3N6O4/c24-23(25,26)21-30-20(31-36-21)16-4-5-17(15-2-1-7-27-19(15)16)29-22(33)35-13-14-3-6-18(28-12-14)32-8-10-34-11-9-32/h1-7,12H,8-11,13H2,(H,29,33). The van der Waals surface area contributed by atoms with Gasteiger partial charge in [-0.3, -0.25) is 10.3 Å². The number of amides is 1. The van der Waals surface area contributed by atoms with Crippen molar-refractivity contribution < 1.29 is 32.0 Å². The van der Waals surface area contributed by atoms with Gasteiger partial charge >= 0.3 is 18.2 Å².